The van der Waals surface area contributed by atoms with Crippen molar-refractivity contribution in [2.75, 3.05) is 18.4 Å². The number of hydrogen-bond donors (Lipinski definition) is 2. The summed E-state index contributed by atoms with van der Waals surface area (Å²) in [5.41, 5.74) is 4.53. The van der Waals surface area contributed by atoms with E-state index in [2.05, 4.69) is 20.7 Å². The third-order valence-electron chi connectivity index (χ3n) is 3.40. The van der Waals surface area contributed by atoms with E-state index in [9.17, 15) is 0 Å². The highest BCUT2D eigenvalue weighted by atomic mass is 35.5. The summed E-state index contributed by atoms with van der Waals surface area (Å²) in [5, 5.41) is 11.6. The fourth-order valence-corrected chi connectivity index (χ4v) is 2.16. The summed E-state index contributed by atoms with van der Waals surface area (Å²) < 4.78 is 12.6. The number of aromatic nitrogens is 3. The first-order valence-corrected chi connectivity index (χ1v) is 7.56. The van der Waals surface area contributed by atoms with Crippen molar-refractivity contribution in [3.8, 4) is 11.5 Å². The number of methoxy groups -OCH3 is 1. The van der Waals surface area contributed by atoms with Crippen LogP contribution in [0.5, 0.6) is 11.5 Å². The van der Waals surface area contributed by atoms with Gasteiger partial charge in [0, 0.05) is 5.56 Å². The zero-order valence-corrected chi connectivity index (χ0v) is 14.9. The summed E-state index contributed by atoms with van der Waals surface area (Å²) in [4.78, 5) is 0. The Bertz CT molecular complexity index is 853. The summed E-state index contributed by atoms with van der Waals surface area (Å²) in [6, 6.07) is 15.5. The van der Waals surface area contributed by atoms with Gasteiger partial charge in [0.05, 0.1) is 13.3 Å². The maximum absolute atomic E-state index is 5.95. The lowest BCUT2D eigenvalue weighted by Crippen LogP contribution is -2.10. The molecule has 3 aromatic rings. The van der Waals surface area contributed by atoms with Gasteiger partial charge < -0.3 is 15.3 Å². The molecule has 136 valence electrons. The van der Waals surface area contributed by atoms with Gasteiger partial charge in [0.25, 0.3) is 5.95 Å². The van der Waals surface area contributed by atoms with E-state index >= 15 is 0 Å². The van der Waals surface area contributed by atoms with Crippen LogP contribution in [0.3, 0.4) is 0 Å². The third-order valence-corrected chi connectivity index (χ3v) is 3.40. The standard InChI is InChI=1S/C17H18N6O2.ClH/c1-24-15-9-5-8-14(10-19-21-17-22-20-12-23(17)18)16(15)25-11-13-6-3-2-4-7-13;/h2-10,12H,11,18H2,1H3,(H,21,22);1H/b19-10+;. The predicted octanol–water partition coefficient (Wildman–Crippen LogP) is 2.45. The molecular formula is C17H19ClN6O2. The summed E-state index contributed by atoms with van der Waals surface area (Å²) in [7, 11) is 1.60. The minimum atomic E-state index is 0. The number of anilines is 1. The van der Waals surface area contributed by atoms with Gasteiger partial charge in [-0.05, 0) is 17.7 Å². The molecule has 0 saturated carbocycles. The molecule has 3 rings (SSSR count). The minimum absolute atomic E-state index is 0. The van der Waals surface area contributed by atoms with Crippen molar-refractivity contribution in [1.29, 1.82) is 0 Å². The Morgan fingerprint density at radius 3 is 2.69 bits per heavy atom. The van der Waals surface area contributed by atoms with Gasteiger partial charge >= 0.3 is 0 Å². The summed E-state index contributed by atoms with van der Waals surface area (Å²) >= 11 is 0. The normalized spacial score (nSPS) is 10.3. The van der Waals surface area contributed by atoms with Gasteiger partial charge in [-0.2, -0.15) is 5.10 Å². The Morgan fingerprint density at radius 2 is 2.00 bits per heavy atom. The summed E-state index contributed by atoms with van der Waals surface area (Å²) in [6.07, 6.45) is 2.98. The fraction of sp³-hybridized carbons (Fsp3) is 0.118. The molecule has 0 aliphatic carbocycles. The van der Waals surface area contributed by atoms with Gasteiger partial charge in [-0.15, -0.1) is 22.6 Å². The van der Waals surface area contributed by atoms with E-state index < -0.39 is 0 Å². The highest BCUT2D eigenvalue weighted by molar-refractivity contribution is 5.85. The number of ether oxygens (including phenoxy) is 2. The van der Waals surface area contributed by atoms with Crippen molar-refractivity contribution in [2.24, 2.45) is 5.10 Å². The first kappa shape index (κ1) is 19.1. The average Bonchev–Trinajstić information content (AvgIpc) is 3.06. The number of nitrogens with zero attached hydrogens (tertiary/aromatic N) is 4. The average molecular weight is 375 g/mol. The molecule has 0 aliphatic rings. The third kappa shape index (κ3) is 4.64. The van der Waals surface area contributed by atoms with Crippen LogP contribution in [0.1, 0.15) is 11.1 Å². The van der Waals surface area contributed by atoms with E-state index in [1.54, 1.807) is 13.3 Å². The number of para-hydroxylation sites is 1. The Hall–Kier alpha value is -3.26. The van der Waals surface area contributed by atoms with E-state index in [0.717, 1.165) is 11.1 Å². The molecule has 0 atom stereocenters. The fourth-order valence-electron chi connectivity index (χ4n) is 2.16. The molecule has 26 heavy (non-hydrogen) atoms. The zero-order chi connectivity index (χ0) is 17.5. The molecule has 2 aromatic carbocycles. The molecule has 0 saturated heterocycles. The molecule has 0 unspecified atom stereocenters. The van der Waals surface area contributed by atoms with Gasteiger partial charge in [-0.1, -0.05) is 36.4 Å². The minimum Gasteiger partial charge on any atom is -0.493 e. The van der Waals surface area contributed by atoms with Crippen LogP contribution in [-0.2, 0) is 6.61 Å². The van der Waals surface area contributed by atoms with Crippen molar-refractivity contribution < 1.29 is 9.47 Å². The maximum atomic E-state index is 5.95. The molecular weight excluding hydrogens is 356 g/mol. The van der Waals surface area contributed by atoms with Gasteiger partial charge in [-0.3, -0.25) is 0 Å². The monoisotopic (exact) mass is 374 g/mol. The lowest BCUT2D eigenvalue weighted by atomic mass is 10.2. The number of nitrogens with two attached hydrogens (primary N) is 1. The lowest BCUT2D eigenvalue weighted by Gasteiger charge is -2.13. The van der Waals surface area contributed by atoms with Crippen molar-refractivity contribution in [2.45, 2.75) is 6.61 Å². The zero-order valence-electron chi connectivity index (χ0n) is 14.1. The highest BCUT2D eigenvalue weighted by Crippen LogP contribution is 2.30. The first-order valence-electron chi connectivity index (χ1n) is 7.56. The molecule has 0 amide bonds. The SMILES string of the molecule is COc1cccc(/C=N/Nc2nncn2N)c1OCc1ccccc1.Cl. The van der Waals surface area contributed by atoms with E-state index in [1.807, 2.05) is 48.5 Å². The molecule has 1 heterocycles. The van der Waals surface area contributed by atoms with Crippen LogP contribution in [0.2, 0.25) is 0 Å². The van der Waals surface area contributed by atoms with Crippen LogP contribution in [0.4, 0.5) is 5.95 Å². The van der Waals surface area contributed by atoms with E-state index in [-0.39, 0.29) is 12.4 Å². The quantitative estimate of drug-likeness (QED) is 0.374. The van der Waals surface area contributed by atoms with Crippen LogP contribution in [0, 0.1) is 0 Å². The van der Waals surface area contributed by atoms with Gasteiger partial charge in [0.15, 0.2) is 11.5 Å². The molecule has 3 N–H and O–H groups in total. The molecule has 1 aromatic heterocycles. The highest BCUT2D eigenvalue weighted by Gasteiger charge is 2.10. The number of halogens is 1. The molecule has 8 nitrogen and oxygen atoms in total. The second-order valence-electron chi connectivity index (χ2n) is 5.08. The number of nitrogens with one attached hydrogen (secondary N) is 1. The van der Waals surface area contributed by atoms with Crippen LogP contribution in [-0.4, -0.2) is 28.2 Å². The summed E-state index contributed by atoms with van der Waals surface area (Å²) in [6.45, 7) is 0.423. The predicted molar refractivity (Wildman–Crippen MR) is 102 cm³/mol. The smallest absolute Gasteiger partial charge is 0.263 e. The topological polar surface area (TPSA) is 99.6 Å². The lowest BCUT2D eigenvalue weighted by molar-refractivity contribution is 0.284. The Kier molecular flexibility index (Phi) is 6.81. The molecule has 0 fully saturated rings. The Morgan fingerprint density at radius 1 is 1.19 bits per heavy atom. The van der Waals surface area contributed by atoms with Gasteiger partial charge in [0.1, 0.15) is 12.9 Å². The molecule has 0 aliphatic heterocycles. The molecule has 0 radical (unpaired) electrons. The van der Waals surface area contributed by atoms with Crippen molar-refractivity contribution in [3.63, 3.8) is 0 Å². The largest absolute Gasteiger partial charge is 0.493 e. The van der Waals surface area contributed by atoms with E-state index in [1.165, 1.54) is 11.0 Å². The second-order valence-corrected chi connectivity index (χ2v) is 5.08. The van der Waals surface area contributed by atoms with Gasteiger partial charge in [-0.25, -0.2) is 10.1 Å². The molecule has 9 heteroatoms. The van der Waals surface area contributed by atoms with Crippen molar-refractivity contribution >= 4 is 24.6 Å². The first-order chi connectivity index (χ1) is 12.3. The number of hydrogen-bond acceptors (Lipinski definition) is 7. The van der Waals surface area contributed by atoms with Crippen LogP contribution in [0.15, 0.2) is 60.0 Å². The second kappa shape index (κ2) is 9.28. The maximum Gasteiger partial charge on any atom is 0.263 e. The molecule has 0 bridgehead atoms. The number of nitrogen functional groups attached to an aromatic ring is 1. The van der Waals surface area contributed by atoms with E-state index in [4.69, 9.17) is 15.3 Å². The Balaban J connectivity index is 0.00000243. The summed E-state index contributed by atoms with van der Waals surface area (Å²) in [5.74, 6) is 7.18. The number of hydrazone groups is 1. The van der Waals surface area contributed by atoms with Crippen LogP contribution in [0.25, 0.3) is 0 Å². The molecule has 0 spiro atoms. The number of benzene rings is 2. The van der Waals surface area contributed by atoms with Crippen molar-refractivity contribution in [3.05, 3.63) is 66.0 Å². The van der Waals surface area contributed by atoms with Crippen LogP contribution >= 0.6 is 12.4 Å². The van der Waals surface area contributed by atoms with Crippen LogP contribution < -0.4 is 20.7 Å². The number of rotatable bonds is 7. The van der Waals surface area contributed by atoms with Crippen molar-refractivity contribution in [1.82, 2.24) is 14.9 Å². The Labute approximate surface area is 157 Å². The van der Waals surface area contributed by atoms with Gasteiger partial charge in [0.2, 0.25) is 0 Å². The van der Waals surface area contributed by atoms with E-state index in [0.29, 0.717) is 24.1 Å².